The van der Waals surface area contributed by atoms with Crippen molar-refractivity contribution < 1.29 is 0 Å². The maximum absolute atomic E-state index is 5.57. The molecule has 62 valence electrons. The van der Waals surface area contributed by atoms with E-state index in [1.807, 2.05) is 36.4 Å². The summed E-state index contributed by atoms with van der Waals surface area (Å²) in [6, 6.07) is 10.1. The molecule has 0 radical (unpaired) electrons. The molecule has 0 aromatic heterocycles. The van der Waals surface area contributed by atoms with Gasteiger partial charge in [-0.3, -0.25) is 0 Å². The zero-order valence-corrected chi connectivity index (χ0v) is 7.03. The van der Waals surface area contributed by atoms with Gasteiger partial charge in [0.15, 0.2) is 0 Å². The lowest BCUT2D eigenvalue weighted by molar-refractivity contribution is 1.26. The van der Waals surface area contributed by atoms with Crippen molar-refractivity contribution in [1.82, 2.24) is 0 Å². The summed E-state index contributed by atoms with van der Waals surface area (Å²) in [5.74, 6) is 0. The predicted octanol–water partition coefficient (Wildman–Crippen LogP) is 2.21. The first-order valence-corrected chi connectivity index (χ1v) is 3.95. The summed E-state index contributed by atoms with van der Waals surface area (Å²) in [6.07, 6.45) is 3.70. The van der Waals surface area contributed by atoms with Crippen molar-refractivity contribution in [3.05, 3.63) is 54.6 Å². The highest BCUT2D eigenvalue weighted by molar-refractivity contribution is 5.67. The molecule has 0 atom stereocenters. The van der Waals surface area contributed by atoms with Crippen LogP contribution >= 0.6 is 0 Å². The van der Waals surface area contributed by atoms with Crippen LogP contribution in [0.15, 0.2) is 49.1 Å². The van der Waals surface area contributed by atoms with Gasteiger partial charge in [-0.1, -0.05) is 49.1 Å². The Morgan fingerprint density at radius 2 is 2.00 bits per heavy atom. The van der Waals surface area contributed by atoms with Crippen LogP contribution in [-0.4, -0.2) is 6.54 Å². The van der Waals surface area contributed by atoms with E-state index in [1.165, 1.54) is 5.56 Å². The number of hydrogen-bond donors (Lipinski definition) is 1. The molecule has 12 heavy (non-hydrogen) atoms. The molecule has 0 aliphatic heterocycles. The van der Waals surface area contributed by atoms with Crippen LogP contribution in [-0.2, 0) is 0 Å². The highest BCUT2D eigenvalue weighted by Crippen LogP contribution is 2.11. The van der Waals surface area contributed by atoms with Crippen molar-refractivity contribution >= 4 is 5.57 Å². The lowest BCUT2D eigenvalue weighted by Gasteiger charge is -2.02. The van der Waals surface area contributed by atoms with E-state index in [0.717, 1.165) is 5.57 Å². The topological polar surface area (TPSA) is 26.0 Å². The molecular weight excluding hydrogens is 146 g/mol. The minimum absolute atomic E-state index is 0.552. The van der Waals surface area contributed by atoms with Gasteiger partial charge in [0.2, 0.25) is 0 Å². The largest absolute Gasteiger partial charge is 0.326 e. The standard InChI is InChI=1S/C11H13N/c1-2-6-11(9-12)10-7-4-3-5-8-10/h2-8H,1,9,12H2/b11-6+. The highest BCUT2D eigenvalue weighted by Gasteiger charge is 1.94. The van der Waals surface area contributed by atoms with Crippen LogP contribution in [0.3, 0.4) is 0 Å². The summed E-state index contributed by atoms with van der Waals surface area (Å²) in [7, 11) is 0. The molecular formula is C11H13N. The number of rotatable bonds is 3. The van der Waals surface area contributed by atoms with Crippen LogP contribution in [0.1, 0.15) is 5.56 Å². The molecule has 0 unspecified atom stereocenters. The molecule has 0 aliphatic carbocycles. The van der Waals surface area contributed by atoms with E-state index in [9.17, 15) is 0 Å². The van der Waals surface area contributed by atoms with Crippen LogP contribution in [0, 0.1) is 0 Å². The molecule has 0 saturated carbocycles. The second kappa shape index (κ2) is 4.52. The lowest BCUT2D eigenvalue weighted by atomic mass is 10.1. The number of benzene rings is 1. The monoisotopic (exact) mass is 159 g/mol. The minimum atomic E-state index is 0.552. The molecule has 0 heterocycles. The number of nitrogens with two attached hydrogens (primary N) is 1. The molecule has 0 fully saturated rings. The molecule has 0 aliphatic rings. The average Bonchev–Trinajstić information content (AvgIpc) is 2.15. The molecule has 0 spiro atoms. The molecule has 1 aromatic carbocycles. The normalized spacial score (nSPS) is 11.2. The van der Waals surface area contributed by atoms with Crippen molar-refractivity contribution in [2.24, 2.45) is 5.73 Å². The first-order chi connectivity index (χ1) is 5.88. The van der Waals surface area contributed by atoms with Crippen molar-refractivity contribution in [2.45, 2.75) is 0 Å². The third kappa shape index (κ3) is 2.07. The summed E-state index contributed by atoms with van der Waals surface area (Å²) in [5.41, 5.74) is 7.86. The average molecular weight is 159 g/mol. The van der Waals surface area contributed by atoms with Crippen LogP contribution < -0.4 is 5.73 Å². The third-order valence-corrected chi connectivity index (χ3v) is 1.68. The van der Waals surface area contributed by atoms with E-state index >= 15 is 0 Å². The van der Waals surface area contributed by atoms with Crippen molar-refractivity contribution in [1.29, 1.82) is 0 Å². The van der Waals surface area contributed by atoms with E-state index in [1.54, 1.807) is 6.08 Å². The Kier molecular flexibility index (Phi) is 3.30. The molecule has 1 heteroatoms. The van der Waals surface area contributed by atoms with Gasteiger partial charge in [0, 0.05) is 6.54 Å². The van der Waals surface area contributed by atoms with Crippen molar-refractivity contribution in [2.75, 3.05) is 6.54 Å². The van der Waals surface area contributed by atoms with Gasteiger partial charge in [0.05, 0.1) is 0 Å². The van der Waals surface area contributed by atoms with Gasteiger partial charge in [0.25, 0.3) is 0 Å². The number of allylic oxidation sites excluding steroid dienone is 2. The smallest absolute Gasteiger partial charge is 0.0184 e. The van der Waals surface area contributed by atoms with Gasteiger partial charge in [0.1, 0.15) is 0 Å². The fourth-order valence-electron chi connectivity index (χ4n) is 1.08. The number of hydrogen-bond acceptors (Lipinski definition) is 1. The Bertz CT molecular complexity index is 272. The molecule has 1 nitrogen and oxygen atoms in total. The Hall–Kier alpha value is -1.34. The second-order valence-corrected chi connectivity index (χ2v) is 2.50. The van der Waals surface area contributed by atoms with E-state index in [0.29, 0.717) is 6.54 Å². The fourth-order valence-corrected chi connectivity index (χ4v) is 1.08. The molecule has 1 aromatic rings. The summed E-state index contributed by atoms with van der Waals surface area (Å²) in [6.45, 7) is 4.19. The molecule has 0 amide bonds. The molecule has 0 saturated heterocycles. The lowest BCUT2D eigenvalue weighted by Crippen LogP contribution is -2.01. The zero-order chi connectivity index (χ0) is 8.81. The van der Waals surface area contributed by atoms with E-state index in [4.69, 9.17) is 5.73 Å². The minimum Gasteiger partial charge on any atom is -0.326 e. The first-order valence-electron chi connectivity index (χ1n) is 3.95. The molecule has 1 rings (SSSR count). The Morgan fingerprint density at radius 1 is 1.33 bits per heavy atom. The Morgan fingerprint density at radius 3 is 2.50 bits per heavy atom. The van der Waals surface area contributed by atoms with E-state index < -0.39 is 0 Å². The van der Waals surface area contributed by atoms with Gasteiger partial charge < -0.3 is 5.73 Å². The Balaban J connectivity index is 2.95. The predicted molar refractivity (Wildman–Crippen MR) is 53.7 cm³/mol. The molecule has 0 bridgehead atoms. The van der Waals surface area contributed by atoms with Gasteiger partial charge in [-0.05, 0) is 11.1 Å². The van der Waals surface area contributed by atoms with Crippen LogP contribution in [0.2, 0.25) is 0 Å². The SMILES string of the molecule is C=C/C=C(\CN)c1ccccc1. The van der Waals surface area contributed by atoms with Gasteiger partial charge >= 0.3 is 0 Å². The van der Waals surface area contributed by atoms with Crippen LogP contribution in [0.4, 0.5) is 0 Å². The van der Waals surface area contributed by atoms with Gasteiger partial charge in [-0.2, -0.15) is 0 Å². The highest BCUT2D eigenvalue weighted by atomic mass is 14.5. The third-order valence-electron chi connectivity index (χ3n) is 1.68. The zero-order valence-electron chi connectivity index (χ0n) is 7.03. The van der Waals surface area contributed by atoms with Gasteiger partial charge in [-0.25, -0.2) is 0 Å². The van der Waals surface area contributed by atoms with Crippen molar-refractivity contribution in [3.63, 3.8) is 0 Å². The van der Waals surface area contributed by atoms with Crippen LogP contribution in [0.25, 0.3) is 5.57 Å². The summed E-state index contributed by atoms with van der Waals surface area (Å²) >= 11 is 0. The summed E-state index contributed by atoms with van der Waals surface area (Å²) in [5, 5.41) is 0. The van der Waals surface area contributed by atoms with Crippen molar-refractivity contribution in [3.8, 4) is 0 Å². The Labute approximate surface area is 73.2 Å². The fraction of sp³-hybridized carbons (Fsp3) is 0.0909. The maximum atomic E-state index is 5.57. The summed E-state index contributed by atoms with van der Waals surface area (Å²) < 4.78 is 0. The second-order valence-electron chi connectivity index (χ2n) is 2.50. The van der Waals surface area contributed by atoms with E-state index in [-0.39, 0.29) is 0 Å². The van der Waals surface area contributed by atoms with E-state index in [2.05, 4.69) is 6.58 Å². The molecule has 2 N–H and O–H groups in total. The van der Waals surface area contributed by atoms with Gasteiger partial charge in [-0.15, -0.1) is 0 Å². The summed E-state index contributed by atoms with van der Waals surface area (Å²) in [4.78, 5) is 0. The van der Waals surface area contributed by atoms with Crippen LogP contribution in [0.5, 0.6) is 0 Å². The quantitative estimate of drug-likeness (QED) is 0.672. The first kappa shape index (κ1) is 8.75. The maximum Gasteiger partial charge on any atom is 0.0184 e.